The molecule has 0 spiro atoms. The molecule has 2 amide bonds. The van der Waals surface area contributed by atoms with Crippen LogP contribution in [0.5, 0.6) is 0 Å². The number of hydrogen-bond acceptors (Lipinski definition) is 4. The maximum absolute atomic E-state index is 12.6. The van der Waals surface area contributed by atoms with Crippen molar-refractivity contribution in [1.29, 1.82) is 0 Å². The third kappa shape index (κ3) is 4.11. The Morgan fingerprint density at radius 2 is 1.93 bits per heavy atom. The minimum absolute atomic E-state index is 0.0472. The number of amides is 2. The van der Waals surface area contributed by atoms with E-state index < -0.39 is 24.5 Å². The van der Waals surface area contributed by atoms with Gasteiger partial charge in [-0.2, -0.15) is 18.3 Å². The number of hydrogen-bond donors (Lipinski definition) is 2. The summed E-state index contributed by atoms with van der Waals surface area (Å²) in [5, 5.41) is 9.51. The van der Waals surface area contributed by atoms with Crippen LogP contribution in [0.1, 0.15) is 25.7 Å². The van der Waals surface area contributed by atoms with Crippen molar-refractivity contribution in [2.45, 2.75) is 13.1 Å². The molecule has 142 valence electrons. The fourth-order valence-electron chi connectivity index (χ4n) is 2.57. The summed E-state index contributed by atoms with van der Waals surface area (Å²) in [7, 11) is 1.77. The van der Waals surface area contributed by atoms with Gasteiger partial charge in [0.1, 0.15) is 11.4 Å². The van der Waals surface area contributed by atoms with Gasteiger partial charge in [-0.1, -0.05) is 12.1 Å². The summed E-state index contributed by atoms with van der Waals surface area (Å²) in [6.07, 6.45) is -4.52. The SMILES string of the molecule is Cc1nn(C)c2sc(C(=O)Nc3ccccc3C(=O)NCC(F)(F)F)cc12. The van der Waals surface area contributed by atoms with Crippen molar-refractivity contribution >= 4 is 39.1 Å². The van der Waals surface area contributed by atoms with Crippen LogP contribution in [0.15, 0.2) is 30.3 Å². The lowest BCUT2D eigenvalue weighted by molar-refractivity contribution is -0.123. The molecule has 3 rings (SSSR count). The van der Waals surface area contributed by atoms with E-state index in [2.05, 4.69) is 10.4 Å². The van der Waals surface area contributed by atoms with E-state index in [0.29, 0.717) is 4.88 Å². The fourth-order valence-corrected chi connectivity index (χ4v) is 3.59. The van der Waals surface area contributed by atoms with Gasteiger partial charge in [0.05, 0.1) is 21.8 Å². The van der Waals surface area contributed by atoms with Gasteiger partial charge in [-0.25, -0.2) is 0 Å². The first-order valence-corrected chi connectivity index (χ1v) is 8.66. The van der Waals surface area contributed by atoms with Gasteiger partial charge in [0.25, 0.3) is 11.8 Å². The molecule has 0 saturated carbocycles. The maximum Gasteiger partial charge on any atom is 0.405 e. The van der Waals surface area contributed by atoms with Crippen LogP contribution in [0, 0.1) is 6.92 Å². The number of anilines is 1. The van der Waals surface area contributed by atoms with Crippen LogP contribution in [0.25, 0.3) is 10.2 Å². The molecule has 0 aliphatic carbocycles. The van der Waals surface area contributed by atoms with Gasteiger partial charge in [0.15, 0.2) is 0 Å². The first-order chi connectivity index (χ1) is 12.7. The number of nitrogens with zero attached hydrogens (tertiary/aromatic N) is 2. The number of alkyl halides is 3. The van der Waals surface area contributed by atoms with Gasteiger partial charge in [-0.3, -0.25) is 14.3 Å². The molecular weight excluding hydrogens is 381 g/mol. The van der Waals surface area contributed by atoms with Crippen molar-refractivity contribution in [2.24, 2.45) is 7.05 Å². The number of benzene rings is 1. The molecule has 1 aromatic carbocycles. The topological polar surface area (TPSA) is 76.0 Å². The number of thiophene rings is 1. The number of aryl methyl sites for hydroxylation is 2. The summed E-state index contributed by atoms with van der Waals surface area (Å²) in [5.41, 5.74) is 0.873. The summed E-state index contributed by atoms with van der Waals surface area (Å²) in [4.78, 5) is 25.8. The van der Waals surface area contributed by atoms with Crippen LogP contribution in [0.3, 0.4) is 0 Å². The monoisotopic (exact) mass is 396 g/mol. The van der Waals surface area contributed by atoms with Crippen LogP contribution < -0.4 is 10.6 Å². The Kier molecular flexibility index (Phi) is 4.92. The van der Waals surface area contributed by atoms with Gasteiger partial charge < -0.3 is 10.6 Å². The summed E-state index contributed by atoms with van der Waals surface area (Å²) >= 11 is 1.24. The number of para-hydroxylation sites is 1. The normalized spacial score (nSPS) is 11.6. The highest BCUT2D eigenvalue weighted by molar-refractivity contribution is 7.20. The third-order valence-electron chi connectivity index (χ3n) is 3.79. The standard InChI is InChI=1S/C17H15F3N4O2S/c1-9-11-7-13(27-16(11)24(2)23-9)15(26)22-12-6-4-3-5-10(12)14(25)21-8-17(18,19)20/h3-7H,8H2,1-2H3,(H,21,25)(H,22,26). The van der Waals surface area contributed by atoms with Crippen LogP contribution >= 0.6 is 11.3 Å². The fraction of sp³-hybridized carbons (Fsp3) is 0.235. The number of aromatic nitrogens is 2. The molecular formula is C17H15F3N4O2S. The minimum Gasteiger partial charge on any atom is -0.343 e. The maximum atomic E-state index is 12.6. The Morgan fingerprint density at radius 1 is 1.22 bits per heavy atom. The molecule has 27 heavy (non-hydrogen) atoms. The summed E-state index contributed by atoms with van der Waals surface area (Å²) in [6, 6.07) is 7.59. The van der Waals surface area contributed by atoms with Gasteiger partial charge in [0.2, 0.25) is 0 Å². The Morgan fingerprint density at radius 3 is 2.59 bits per heavy atom. The molecule has 0 fully saturated rings. The molecule has 2 heterocycles. The van der Waals surface area contributed by atoms with Crippen molar-refractivity contribution in [1.82, 2.24) is 15.1 Å². The lowest BCUT2D eigenvalue weighted by atomic mass is 10.1. The highest BCUT2D eigenvalue weighted by Crippen LogP contribution is 2.28. The van der Waals surface area contributed by atoms with Crippen molar-refractivity contribution in [2.75, 3.05) is 11.9 Å². The number of nitrogens with one attached hydrogen (secondary N) is 2. The van der Waals surface area contributed by atoms with Crippen molar-refractivity contribution in [3.8, 4) is 0 Å². The van der Waals surface area contributed by atoms with Crippen molar-refractivity contribution < 1.29 is 22.8 Å². The van der Waals surface area contributed by atoms with Gasteiger partial charge in [-0.15, -0.1) is 11.3 Å². The van der Waals surface area contributed by atoms with E-state index in [-0.39, 0.29) is 11.3 Å². The lowest BCUT2D eigenvalue weighted by Gasteiger charge is -2.12. The summed E-state index contributed by atoms with van der Waals surface area (Å²) in [5.74, 6) is -1.37. The van der Waals surface area contributed by atoms with Crippen LogP contribution in [-0.2, 0) is 7.05 Å². The van der Waals surface area contributed by atoms with Gasteiger partial charge in [-0.05, 0) is 25.1 Å². The second kappa shape index (κ2) is 7.03. The highest BCUT2D eigenvalue weighted by Gasteiger charge is 2.28. The average Bonchev–Trinajstić information content (AvgIpc) is 3.14. The van der Waals surface area contributed by atoms with E-state index in [0.717, 1.165) is 15.9 Å². The minimum atomic E-state index is -4.52. The van der Waals surface area contributed by atoms with E-state index in [1.165, 1.54) is 29.5 Å². The van der Waals surface area contributed by atoms with Crippen LogP contribution in [-0.4, -0.2) is 34.3 Å². The lowest BCUT2D eigenvalue weighted by Crippen LogP contribution is -2.34. The molecule has 3 aromatic rings. The molecule has 0 atom stereocenters. The van der Waals surface area contributed by atoms with E-state index in [4.69, 9.17) is 0 Å². The molecule has 0 saturated heterocycles. The zero-order valence-corrected chi connectivity index (χ0v) is 15.2. The Hall–Kier alpha value is -2.88. The first kappa shape index (κ1) is 18.9. The second-order valence-electron chi connectivity index (χ2n) is 5.84. The molecule has 6 nitrogen and oxygen atoms in total. The molecule has 10 heteroatoms. The van der Waals surface area contributed by atoms with Gasteiger partial charge >= 0.3 is 6.18 Å². The largest absolute Gasteiger partial charge is 0.405 e. The average molecular weight is 396 g/mol. The zero-order chi connectivity index (χ0) is 19.8. The number of rotatable bonds is 4. The highest BCUT2D eigenvalue weighted by atomic mass is 32.1. The molecule has 0 bridgehead atoms. The van der Waals surface area contributed by atoms with E-state index >= 15 is 0 Å². The Labute approximate surface area is 156 Å². The van der Waals surface area contributed by atoms with Crippen LogP contribution in [0.2, 0.25) is 0 Å². The molecule has 2 N–H and O–H groups in total. The molecule has 0 unspecified atom stereocenters. The predicted octanol–water partition coefficient (Wildman–Crippen LogP) is 3.49. The van der Waals surface area contributed by atoms with Gasteiger partial charge in [0, 0.05) is 12.4 Å². The van der Waals surface area contributed by atoms with Crippen molar-refractivity contribution in [3.63, 3.8) is 0 Å². The molecule has 2 aromatic heterocycles. The number of carbonyl (C=O) groups excluding carboxylic acids is 2. The van der Waals surface area contributed by atoms with E-state index in [1.54, 1.807) is 29.2 Å². The summed E-state index contributed by atoms with van der Waals surface area (Å²) < 4.78 is 38.6. The predicted molar refractivity (Wildman–Crippen MR) is 96.1 cm³/mol. The smallest absolute Gasteiger partial charge is 0.343 e. The number of carbonyl (C=O) groups is 2. The Balaban J connectivity index is 1.81. The number of halogens is 3. The molecule has 0 aliphatic rings. The summed E-state index contributed by atoms with van der Waals surface area (Å²) in [6.45, 7) is 0.383. The molecule has 0 radical (unpaired) electrons. The van der Waals surface area contributed by atoms with Crippen molar-refractivity contribution in [3.05, 3.63) is 46.5 Å². The third-order valence-corrected chi connectivity index (χ3v) is 4.99. The second-order valence-corrected chi connectivity index (χ2v) is 6.87. The quantitative estimate of drug-likeness (QED) is 0.709. The first-order valence-electron chi connectivity index (χ1n) is 7.84. The number of fused-ring (bicyclic) bond motifs is 1. The van der Waals surface area contributed by atoms with E-state index in [1.807, 2.05) is 6.92 Å². The molecule has 0 aliphatic heterocycles. The zero-order valence-electron chi connectivity index (χ0n) is 14.3. The van der Waals surface area contributed by atoms with Crippen LogP contribution in [0.4, 0.5) is 18.9 Å². The Bertz CT molecular complexity index is 989. The van der Waals surface area contributed by atoms with E-state index in [9.17, 15) is 22.8 Å².